The van der Waals surface area contributed by atoms with Gasteiger partial charge in [0.05, 0.1) is 23.2 Å². The van der Waals surface area contributed by atoms with E-state index in [1.807, 2.05) is 0 Å². The minimum Gasteiger partial charge on any atom is -0.490 e. The highest BCUT2D eigenvalue weighted by molar-refractivity contribution is 7.99. The largest absolute Gasteiger partial charge is 0.490 e. The second kappa shape index (κ2) is 10.6. The van der Waals surface area contributed by atoms with Gasteiger partial charge in [-0.15, -0.1) is 17.9 Å². The quantitative estimate of drug-likeness (QED) is 0.114. The van der Waals surface area contributed by atoms with Crippen LogP contribution in [0.15, 0.2) is 34.7 Å². The van der Waals surface area contributed by atoms with Crippen LogP contribution in [0.1, 0.15) is 35.3 Å². The molecule has 9 nitrogen and oxygen atoms in total. The lowest BCUT2D eigenvalue weighted by Crippen LogP contribution is -2.24. The van der Waals surface area contributed by atoms with E-state index in [0.717, 1.165) is 36.1 Å². The number of rotatable bonds is 8. The topological polar surface area (TPSA) is 116 Å². The zero-order valence-electron chi connectivity index (χ0n) is 19.6. The van der Waals surface area contributed by atoms with Crippen LogP contribution in [0, 0.1) is 17.0 Å². The second-order valence-electron chi connectivity index (χ2n) is 8.28. The van der Waals surface area contributed by atoms with E-state index < -0.39 is 4.92 Å². The number of aryl methyl sites for hydroxylation is 3. The van der Waals surface area contributed by atoms with Crippen LogP contribution in [0.2, 0.25) is 0 Å². The summed E-state index contributed by atoms with van der Waals surface area (Å²) < 4.78 is 6.67. The highest BCUT2D eigenvalue weighted by Gasteiger charge is 2.22. The van der Waals surface area contributed by atoms with Crippen molar-refractivity contribution in [2.45, 2.75) is 50.7 Å². The zero-order valence-corrected chi connectivity index (χ0v) is 21.2. The number of nitrogens with zero attached hydrogens (tertiary/aromatic N) is 3. The van der Waals surface area contributed by atoms with Gasteiger partial charge in [-0.05, 0) is 43.7 Å². The first-order chi connectivity index (χ1) is 16.8. The van der Waals surface area contributed by atoms with E-state index in [0.29, 0.717) is 28.3 Å². The van der Waals surface area contributed by atoms with Gasteiger partial charge in [-0.1, -0.05) is 24.3 Å². The third kappa shape index (κ3) is 5.10. The van der Waals surface area contributed by atoms with Crippen LogP contribution in [0.3, 0.4) is 0 Å². The van der Waals surface area contributed by atoms with Gasteiger partial charge in [0.2, 0.25) is 5.91 Å². The monoisotopic (exact) mass is 514 g/mol. The molecule has 1 amide bonds. The molecule has 0 spiro atoms. The molecule has 0 saturated heterocycles. The van der Waals surface area contributed by atoms with Crippen LogP contribution in [-0.2, 0) is 24.2 Å². The average Bonchev–Trinajstić information content (AvgIpc) is 3.01. The van der Waals surface area contributed by atoms with Gasteiger partial charge < -0.3 is 10.1 Å². The van der Waals surface area contributed by atoms with E-state index in [1.165, 1.54) is 42.3 Å². The number of nitro groups is 1. The third-order valence-corrected chi connectivity index (χ3v) is 8.09. The van der Waals surface area contributed by atoms with E-state index >= 15 is 0 Å². The smallest absolute Gasteiger partial charge is 0.311 e. The molecule has 35 heavy (non-hydrogen) atoms. The van der Waals surface area contributed by atoms with Crippen molar-refractivity contribution in [3.63, 3.8) is 0 Å². The molecule has 3 aromatic rings. The maximum Gasteiger partial charge on any atom is 0.311 e. The Morgan fingerprint density at radius 1 is 1.37 bits per heavy atom. The van der Waals surface area contributed by atoms with E-state index in [1.54, 1.807) is 28.9 Å². The minimum atomic E-state index is -0.530. The molecule has 0 saturated carbocycles. The average molecular weight is 515 g/mol. The summed E-state index contributed by atoms with van der Waals surface area (Å²) in [5.41, 5.74) is 1.84. The van der Waals surface area contributed by atoms with Crippen molar-refractivity contribution in [1.29, 1.82) is 0 Å². The molecule has 184 valence electrons. The molecule has 0 aliphatic heterocycles. The molecule has 0 unspecified atom stereocenters. The summed E-state index contributed by atoms with van der Waals surface area (Å²) in [6, 6.07) is 2.80. The standard InChI is InChI=1S/C24H26N4O5S2/c1-4-10-27-23(30)21-15-8-6-5-7-9-19(15)35-22(21)26-24(27)34-13-20(29)25-16-12-18(33-3)17(28(31)32)11-14(16)2/h4,11-12H,1,5-10,13H2,2-3H3,(H,25,29). The maximum atomic E-state index is 13.4. The molecule has 1 N–H and O–H groups in total. The van der Waals surface area contributed by atoms with Gasteiger partial charge >= 0.3 is 5.69 Å². The first kappa shape index (κ1) is 24.9. The molecule has 11 heteroatoms. The Morgan fingerprint density at radius 2 is 2.14 bits per heavy atom. The number of thioether (sulfide) groups is 1. The van der Waals surface area contributed by atoms with Crippen molar-refractivity contribution in [2.24, 2.45) is 0 Å². The number of fused-ring (bicyclic) bond motifs is 3. The lowest BCUT2D eigenvalue weighted by Gasteiger charge is -2.12. The Kier molecular flexibility index (Phi) is 7.56. The predicted octanol–water partition coefficient (Wildman–Crippen LogP) is 4.87. The van der Waals surface area contributed by atoms with Crippen LogP contribution >= 0.6 is 23.1 Å². The predicted molar refractivity (Wildman–Crippen MR) is 139 cm³/mol. The number of nitro benzene ring substituents is 1. The zero-order chi connectivity index (χ0) is 25.1. The Bertz CT molecular complexity index is 1380. The van der Waals surface area contributed by atoms with E-state index in [9.17, 15) is 19.7 Å². The SMILES string of the molecule is C=CCn1c(SCC(=O)Nc2cc(OC)c([N+](=O)[O-])cc2C)nc2sc3c(c2c1=O)CCCCC3. The van der Waals surface area contributed by atoms with Gasteiger partial charge in [0, 0.05) is 29.2 Å². The highest BCUT2D eigenvalue weighted by Crippen LogP contribution is 2.35. The number of aromatic nitrogens is 2. The summed E-state index contributed by atoms with van der Waals surface area (Å²) in [6.07, 6.45) is 6.88. The lowest BCUT2D eigenvalue weighted by molar-refractivity contribution is -0.385. The molecule has 0 fully saturated rings. The number of methoxy groups -OCH3 is 1. The molecule has 2 aromatic heterocycles. The number of anilines is 1. The molecule has 0 radical (unpaired) electrons. The first-order valence-electron chi connectivity index (χ1n) is 11.3. The van der Waals surface area contributed by atoms with Crippen molar-refractivity contribution in [2.75, 3.05) is 18.2 Å². The number of allylic oxidation sites excluding steroid dienone is 1. The third-order valence-electron chi connectivity index (χ3n) is 5.93. The Balaban J connectivity index is 1.59. The number of benzene rings is 1. The highest BCUT2D eigenvalue weighted by atomic mass is 32.2. The number of amides is 1. The molecule has 0 atom stereocenters. The molecule has 0 bridgehead atoms. The van der Waals surface area contributed by atoms with Gasteiger partial charge in [0.25, 0.3) is 5.56 Å². The van der Waals surface area contributed by atoms with E-state index in [-0.39, 0.29) is 28.7 Å². The Labute approximate surface area is 210 Å². The number of hydrogen-bond donors (Lipinski definition) is 1. The van der Waals surface area contributed by atoms with Crippen molar-refractivity contribution < 1.29 is 14.5 Å². The van der Waals surface area contributed by atoms with Crippen molar-refractivity contribution in [1.82, 2.24) is 9.55 Å². The van der Waals surface area contributed by atoms with Crippen LogP contribution in [0.5, 0.6) is 5.75 Å². The van der Waals surface area contributed by atoms with E-state index in [4.69, 9.17) is 9.72 Å². The minimum absolute atomic E-state index is 0.0128. The van der Waals surface area contributed by atoms with Crippen molar-refractivity contribution in [3.05, 3.63) is 61.3 Å². The molecule has 1 aliphatic rings. The summed E-state index contributed by atoms with van der Waals surface area (Å²) >= 11 is 2.76. The van der Waals surface area contributed by atoms with Gasteiger partial charge in [-0.25, -0.2) is 4.98 Å². The number of ether oxygens (including phenoxy) is 1. The van der Waals surface area contributed by atoms with Crippen LogP contribution in [-0.4, -0.2) is 33.2 Å². The van der Waals surface area contributed by atoms with Crippen LogP contribution in [0.4, 0.5) is 11.4 Å². The number of carbonyl (C=O) groups is 1. The summed E-state index contributed by atoms with van der Waals surface area (Å²) in [5, 5.41) is 15.2. The number of thiophene rings is 1. The normalized spacial score (nSPS) is 13.2. The van der Waals surface area contributed by atoms with Gasteiger partial charge in [-0.2, -0.15) is 0 Å². The lowest BCUT2D eigenvalue weighted by atomic mass is 10.1. The molecular formula is C24H26N4O5S2. The Morgan fingerprint density at radius 3 is 2.86 bits per heavy atom. The van der Waals surface area contributed by atoms with Crippen LogP contribution < -0.4 is 15.6 Å². The summed E-state index contributed by atoms with van der Waals surface area (Å²) in [4.78, 5) is 43.6. The van der Waals surface area contributed by atoms with Crippen LogP contribution in [0.25, 0.3) is 10.2 Å². The molecule has 2 heterocycles. The number of hydrogen-bond acceptors (Lipinski definition) is 8. The summed E-state index contributed by atoms with van der Waals surface area (Å²) in [5.74, 6) is -0.248. The molecule has 1 aromatic carbocycles. The Hall–Kier alpha value is -3.18. The van der Waals surface area contributed by atoms with Gasteiger partial charge in [0.1, 0.15) is 4.83 Å². The van der Waals surface area contributed by atoms with E-state index in [2.05, 4.69) is 11.9 Å². The van der Waals surface area contributed by atoms with Crippen molar-refractivity contribution in [3.8, 4) is 5.75 Å². The number of nitrogens with one attached hydrogen (secondary N) is 1. The summed E-state index contributed by atoms with van der Waals surface area (Å²) in [7, 11) is 1.34. The molecule has 4 rings (SSSR count). The fourth-order valence-corrected chi connectivity index (χ4v) is 6.34. The fourth-order valence-electron chi connectivity index (χ4n) is 4.23. The fraction of sp³-hybridized carbons (Fsp3) is 0.375. The van der Waals surface area contributed by atoms with Crippen molar-refractivity contribution >= 4 is 50.6 Å². The molecule has 1 aliphatic carbocycles. The maximum absolute atomic E-state index is 13.4. The van der Waals surface area contributed by atoms with Gasteiger partial charge in [0.15, 0.2) is 10.9 Å². The van der Waals surface area contributed by atoms with Gasteiger partial charge in [-0.3, -0.25) is 24.3 Å². The molecular weight excluding hydrogens is 488 g/mol. The number of carbonyl (C=O) groups excluding carboxylic acids is 1. The first-order valence-corrected chi connectivity index (χ1v) is 13.1. The summed E-state index contributed by atoms with van der Waals surface area (Å²) in [6.45, 7) is 5.75. The second-order valence-corrected chi connectivity index (χ2v) is 10.3.